The smallest absolute Gasteiger partial charge is 0.349 e. The number of ether oxygens (including phenoxy) is 2. The van der Waals surface area contributed by atoms with Crippen molar-refractivity contribution in [2.24, 2.45) is 0 Å². The molecule has 1 heterocycles. The summed E-state index contributed by atoms with van der Waals surface area (Å²) in [4.78, 5) is 23.3. The first-order chi connectivity index (χ1) is 11.5. The van der Waals surface area contributed by atoms with Gasteiger partial charge in [-0.15, -0.1) is 0 Å². The van der Waals surface area contributed by atoms with Crippen LogP contribution in [0.2, 0.25) is 0 Å². The van der Waals surface area contributed by atoms with Crippen molar-refractivity contribution in [3.63, 3.8) is 0 Å². The average Bonchev–Trinajstić information content (AvgIpc) is 2.54. The number of hydrogen-bond donors (Lipinski definition) is 0. The molecule has 0 atom stereocenters. The Kier molecular flexibility index (Phi) is 4.66. The molecule has 0 spiro atoms. The fourth-order valence-electron chi connectivity index (χ4n) is 2.20. The van der Waals surface area contributed by atoms with Crippen molar-refractivity contribution in [2.75, 3.05) is 6.61 Å². The largest absolute Gasteiger partial charge is 0.482 e. The molecule has 0 amide bonds. The van der Waals surface area contributed by atoms with Crippen molar-refractivity contribution in [1.82, 2.24) is 0 Å². The minimum absolute atomic E-state index is 0.225. The molecule has 0 N–H and O–H groups in total. The number of halogens is 1. The van der Waals surface area contributed by atoms with Crippen molar-refractivity contribution < 1.29 is 18.7 Å². The van der Waals surface area contributed by atoms with E-state index in [4.69, 9.17) is 13.9 Å². The summed E-state index contributed by atoms with van der Waals surface area (Å²) < 4.78 is 16.6. The third kappa shape index (κ3) is 3.83. The number of benzene rings is 2. The van der Waals surface area contributed by atoms with Gasteiger partial charge in [0.05, 0.1) is 0 Å². The van der Waals surface area contributed by atoms with Crippen LogP contribution in [0.5, 0.6) is 11.5 Å². The van der Waals surface area contributed by atoms with Gasteiger partial charge in [-0.3, -0.25) is 0 Å². The van der Waals surface area contributed by atoms with Crippen LogP contribution in [0.3, 0.4) is 0 Å². The third-order valence-corrected chi connectivity index (χ3v) is 3.85. The molecule has 2 aromatic carbocycles. The Morgan fingerprint density at radius 1 is 1.08 bits per heavy atom. The molecule has 0 saturated heterocycles. The van der Waals surface area contributed by atoms with E-state index < -0.39 is 11.6 Å². The molecular formula is C18H13BrO5. The SMILES string of the molecule is Cc1cc(=O)oc2cc(OC(=O)COc3ccc(Br)cc3)ccc12. The van der Waals surface area contributed by atoms with Gasteiger partial charge in [-0.1, -0.05) is 15.9 Å². The van der Waals surface area contributed by atoms with E-state index in [1.165, 1.54) is 12.1 Å². The molecule has 122 valence electrons. The summed E-state index contributed by atoms with van der Waals surface area (Å²) in [6.07, 6.45) is 0. The summed E-state index contributed by atoms with van der Waals surface area (Å²) in [5.74, 6) is 0.309. The average molecular weight is 389 g/mol. The van der Waals surface area contributed by atoms with Crippen LogP contribution < -0.4 is 15.1 Å². The predicted octanol–water partition coefficient (Wildman–Crippen LogP) is 3.85. The summed E-state index contributed by atoms with van der Waals surface area (Å²) in [5.41, 5.74) is 0.735. The topological polar surface area (TPSA) is 65.7 Å². The third-order valence-electron chi connectivity index (χ3n) is 3.32. The molecule has 0 saturated carbocycles. The Morgan fingerprint density at radius 3 is 2.54 bits per heavy atom. The number of hydrogen-bond acceptors (Lipinski definition) is 5. The number of rotatable bonds is 4. The van der Waals surface area contributed by atoms with Gasteiger partial charge in [0.15, 0.2) is 6.61 Å². The molecule has 24 heavy (non-hydrogen) atoms. The van der Waals surface area contributed by atoms with Gasteiger partial charge in [0.2, 0.25) is 0 Å². The van der Waals surface area contributed by atoms with E-state index in [0.717, 1.165) is 15.4 Å². The lowest BCUT2D eigenvalue weighted by Gasteiger charge is -2.08. The van der Waals surface area contributed by atoms with Crippen LogP contribution in [0.15, 0.2) is 62.2 Å². The van der Waals surface area contributed by atoms with Gasteiger partial charge in [-0.2, -0.15) is 0 Å². The van der Waals surface area contributed by atoms with Crippen LogP contribution in [0.4, 0.5) is 0 Å². The van der Waals surface area contributed by atoms with Crippen molar-refractivity contribution in [3.8, 4) is 11.5 Å². The molecular weight excluding hydrogens is 376 g/mol. The van der Waals surface area contributed by atoms with Gasteiger partial charge < -0.3 is 13.9 Å². The van der Waals surface area contributed by atoms with Gasteiger partial charge in [0, 0.05) is 22.0 Å². The van der Waals surface area contributed by atoms with E-state index in [2.05, 4.69) is 15.9 Å². The van der Waals surface area contributed by atoms with E-state index >= 15 is 0 Å². The molecule has 1 aromatic heterocycles. The summed E-state index contributed by atoms with van der Waals surface area (Å²) in [5, 5.41) is 0.792. The molecule has 5 nitrogen and oxygen atoms in total. The second kappa shape index (κ2) is 6.88. The zero-order valence-corrected chi connectivity index (χ0v) is 14.3. The Hall–Kier alpha value is -2.60. The first-order valence-electron chi connectivity index (χ1n) is 7.15. The van der Waals surface area contributed by atoms with Gasteiger partial charge in [-0.25, -0.2) is 9.59 Å². The lowest BCUT2D eigenvalue weighted by atomic mass is 10.1. The Morgan fingerprint density at radius 2 is 1.79 bits per heavy atom. The molecule has 0 fully saturated rings. The van der Waals surface area contributed by atoms with Crippen LogP contribution >= 0.6 is 15.9 Å². The van der Waals surface area contributed by atoms with Crippen LogP contribution in [0, 0.1) is 6.92 Å². The minimum atomic E-state index is -0.549. The van der Waals surface area contributed by atoms with Crippen LogP contribution in [-0.4, -0.2) is 12.6 Å². The number of fused-ring (bicyclic) bond motifs is 1. The molecule has 0 aliphatic heterocycles. The molecule has 0 aliphatic rings. The second-order valence-corrected chi connectivity index (χ2v) is 6.04. The predicted molar refractivity (Wildman–Crippen MR) is 92.5 cm³/mol. The first kappa shape index (κ1) is 16.3. The number of aryl methyl sites for hydroxylation is 1. The first-order valence-corrected chi connectivity index (χ1v) is 7.94. The highest BCUT2D eigenvalue weighted by atomic mass is 79.9. The maximum absolute atomic E-state index is 11.9. The highest BCUT2D eigenvalue weighted by Gasteiger charge is 2.09. The quantitative estimate of drug-likeness (QED) is 0.385. The maximum Gasteiger partial charge on any atom is 0.349 e. The molecule has 3 aromatic rings. The monoisotopic (exact) mass is 388 g/mol. The van der Waals surface area contributed by atoms with Crippen molar-refractivity contribution in [2.45, 2.75) is 6.92 Å². The van der Waals surface area contributed by atoms with Crippen molar-refractivity contribution in [3.05, 3.63) is 69.0 Å². The number of carbonyl (C=O) groups is 1. The summed E-state index contributed by atoms with van der Waals surface area (Å²) >= 11 is 3.32. The van der Waals surface area contributed by atoms with Gasteiger partial charge in [0.25, 0.3) is 0 Å². The van der Waals surface area contributed by atoms with E-state index in [1.54, 1.807) is 24.3 Å². The number of carbonyl (C=O) groups excluding carboxylic acids is 1. The van der Waals surface area contributed by atoms with Crippen LogP contribution in [0.1, 0.15) is 5.56 Å². The maximum atomic E-state index is 11.9. The van der Waals surface area contributed by atoms with E-state index in [9.17, 15) is 9.59 Å². The van der Waals surface area contributed by atoms with E-state index in [0.29, 0.717) is 17.1 Å². The highest BCUT2D eigenvalue weighted by molar-refractivity contribution is 9.10. The fraction of sp³-hybridized carbons (Fsp3) is 0.111. The van der Waals surface area contributed by atoms with Crippen LogP contribution in [-0.2, 0) is 4.79 Å². The summed E-state index contributed by atoms with van der Waals surface area (Å²) in [6.45, 7) is 1.59. The second-order valence-electron chi connectivity index (χ2n) is 5.12. The molecule has 0 aliphatic carbocycles. The Balaban J connectivity index is 1.69. The minimum Gasteiger partial charge on any atom is -0.482 e. The van der Waals surface area contributed by atoms with Gasteiger partial charge in [0.1, 0.15) is 17.1 Å². The van der Waals surface area contributed by atoms with Gasteiger partial charge >= 0.3 is 11.6 Å². The normalized spacial score (nSPS) is 10.6. The Bertz CT molecular complexity index is 944. The molecule has 6 heteroatoms. The lowest BCUT2D eigenvalue weighted by Crippen LogP contribution is -2.17. The highest BCUT2D eigenvalue weighted by Crippen LogP contribution is 2.22. The zero-order valence-electron chi connectivity index (χ0n) is 12.7. The molecule has 0 bridgehead atoms. The van der Waals surface area contributed by atoms with Crippen molar-refractivity contribution >= 4 is 32.9 Å². The van der Waals surface area contributed by atoms with Crippen LogP contribution in [0.25, 0.3) is 11.0 Å². The lowest BCUT2D eigenvalue weighted by molar-refractivity contribution is -0.136. The standard InChI is InChI=1S/C18H13BrO5/c1-11-8-17(20)24-16-9-14(6-7-15(11)16)23-18(21)10-22-13-4-2-12(19)3-5-13/h2-9H,10H2,1H3. The fourth-order valence-corrected chi connectivity index (χ4v) is 2.47. The molecule has 0 unspecified atom stereocenters. The van der Waals surface area contributed by atoms with Gasteiger partial charge in [-0.05, 0) is 48.9 Å². The van der Waals surface area contributed by atoms with E-state index in [-0.39, 0.29) is 6.61 Å². The van der Waals surface area contributed by atoms with Crippen molar-refractivity contribution in [1.29, 1.82) is 0 Å². The summed E-state index contributed by atoms with van der Waals surface area (Å²) in [7, 11) is 0. The molecule has 3 rings (SSSR count). The van der Waals surface area contributed by atoms with E-state index in [1.807, 2.05) is 19.1 Å². The Labute approximate surface area is 145 Å². The summed E-state index contributed by atoms with van der Waals surface area (Å²) in [6, 6.07) is 13.4. The molecule has 0 radical (unpaired) electrons. The number of esters is 1. The zero-order chi connectivity index (χ0) is 17.1.